The van der Waals surface area contributed by atoms with Crippen molar-refractivity contribution in [2.75, 3.05) is 5.32 Å². The maximum atomic E-state index is 10.7. The van der Waals surface area contributed by atoms with Gasteiger partial charge in [0.15, 0.2) is 0 Å². The molecule has 0 saturated heterocycles. The van der Waals surface area contributed by atoms with Crippen molar-refractivity contribution in [1.82, 2.24) is 5.32 Å². The second-order valence-corrected chi connectivity index (χ2v) is 5.17. The van der Waals surface area contributed by atoms with Gasteiger partial charge in [0.2, 0.25) is 5.96 Å². The molecule has 0 radical (unpaired) electrons. The Hall–Kier alpha value is -1.76. The second-order valence-electron chi connectivity index (χ2n) is 4.37. The molecule has 1 aliphatic carbocycles. The Labute approximate surface area is 108 Å². The van der Waals surface area contributed by atoms with Crippen LogP contribution in [0.15, 0.2) is 27.5 Å². The van der Waals surface area contributed by atoms with Crippen molar-refractivity contribution in [3.8, 4) is 0 Å². The Kier molecular flexibility index (Phi) is 2.83. The van der Waals surface area contributed by atoms with Crippen LogP contribution in [0.4, 0.5) is 11.4 Å². The van der Waals surface area contributed by atoms with Gasteiger partial charge in [-0.15, -0.1) is 0 Å². The van der Waals surface area contributed by atoms with Gasteiger partial charge in [-0.25, -0.2) is 0 Å². The molecule has 18 heavy (non-hydrogen) atoms. The van der Waals surface area contributed by atoms with E-state index in [2.05, 4.69) is 15.0 Å². The number of nitrogens with one attached hydrogen (secondary N) is 2. The number of guanidine groups is 1. The van der Waals surface area contributed by atoms with Crippen LogP contribution in [0.25, 0.3) is 0 Å². The summed E-state index contributed by atoms with van der Waals surface area (Å²) in [6, 6.07) is 5.27. The van der Waals surface area contributed by atoms with Crippen molar-refractivity contribution in [1.29, 1.82) is 0 Å². The van der Waals surface area contributed by atoms with Gasteiger partial charge in [-0.3, -0.25) is 10.1 Å². The van der Waals surface area contributed by atoms with Crippen molar-refractivity contribution < 1.29 is 4.92 Å². The van der Waals surface area contributed by atoms with E-state index < -0.39 is 4.92 Å². The van der Waals surface area contributed by atoms with E-state index in [1.807, 2.05) is 0 Å². The summed E-state index contributed by atoms with van der Waals surface area (Å²) < 4.78 is 4.28. The molecule has 1 aliphatic heterocycles. The van der Waals surface area contributed by atoms with Crippen molar-refractivity contribution in [2.45, 2.75) is 30.2 Å². The maximum absolute atomic E-state index is 10.7. The fraction of sp³-hybridized carbons (Fsp3) is 0.364. The maximum Gasteiger partial charge on any atom is 0.270 e. The van der Waals surface area contributed by atoms with Crippen molar-refractivity contribution in [2.24, 2.45) is 4.40 Å². The molecule has 0 bridgehead atoms. The van der Waals surface area contributed by atoms with Crippen LogP contribution in [0.2, 0.25) is 0 Å². The van der Waals surface area contributed by atoms with Crippen LogP contribution < -0.4 is 10.6 Å². The predicted molar refractivity (Wildman–Crippen MR) is 70.8 cm³/mol. The van der Waals surface area contributed by atoms with Crippen LogP contribution in [0.3, 0.4) is 0 Å². The molecule has 1 fully saturated rings. The monoisotopic (exact) mass is 264 g/mol. The van der Waals surface area contributed by atoms with Crippen LogP contribution in [0, 0.1) is 10.1 Å². The number of anilines is 1. The topological polar surface area (TPSA) is 79.6 Å². The van der Waals surface area contributed by atoms with Gasteiger partial charge in [0.05, 0.1) is 15.5 Å². The molecular formula is C11H12N4O2S. The summed E-state index contributed by atoms with van der Waals surface area (Å²) in [5.74, 6) is 0.742. The summed E-state index contributed by atoms with van der Waals surface area (Å²) in [5, 5.41) is 17.1. The normalized spacial score (nSPS) is 18.1. The van der Waals surface area contributed by atoms with Crippen molar-refractivity contribution in [3.63, 3.8) is 0 Å². The number of nitro benzene ring substituents is 1. The molecule has 1 saturated carbocycles. The molecule has 1 aromatic carbocycles. The molecule has 0 amide bonds. The molecule has 0 aromatic heterocycles. The molecule has 94 valence electrons. The van der Waals surface area contributed by atoms with Gasteiger partial charge < -0.3 is 10.6 Å². The second kappa shape index (κ2) is 4.49. The van der Waals surface area contributed by atoms with Gasteiger partial charge >= 0.3 is 0 Å². The number of hydrogen-bond acceptors (Lipinski definition) is 6. The van der Waals surface area contributed by atoms with Gasteiger partial charge in [-0.1, -0.05) is 0 Å². The van der Waals surface area contributed by atoms with Gasteiger partial charge in [-0.05, 0) is 25.3 Å². The number of rotatable bonds is 2. The lowest BCUT2D eigenvalue weighted by Crippen LogP contribution is -2.43. The quantitative estimate of drug-likeness (QED) is 0.487. The number of hydrogen-bond donors (Lipinski definition) is 2. The first-order valence-electron chi connectivity index (χ1n) is 5.79. The minimum Gasteiger partial charge on any atom is -0.353 e. The molecule has 7 heteroatoms. The van der Waals surface area contributed by atoms with Crippen LogP contribution in [0.1, 0.15) is 19.3 Å². The largest absolute Gasteiger partial charge is 0.353 e. The van der Waals surface area contributed by atoms with E-state index in [4.69, 9.17) is 0 Å². The lowest BCUT2D eigenvalue weighted by molar-refractivity contribution is -0.385. The zero-order valence-corrected chi connectivity index (χ0v) is 10.4. The molecule has 6 nitrogen and oxygen atoms in total. The number of nitro groups is 1. The van der Waals surface area contributed by atoms with E-state index in [1.165, 1.54) is 43.3 Å². The third-order valence-electron chi connectivity index (χ3n) is 3.11. The molecule has 0 atom stereocenters. The Balaban J connectivity index is 1.74. The average molecular weight is 264 g/mol. The number of nitrogens with zero attached hydrogens (tertiary/aromatic N) is 2. The highest BCUT2D eigenvalue weighted by atomic mass is 32.2. The molecule has 1 aromatic rings. The molecule has 0 unspecified atom stereocenters. The van der Waals surface area contributed by atoms with Crippen LogP contribution in [-0.4, -0.2) is 16.9 Å². The first-order valence-corrected chi connectivity index (χ1v) is 6.57. The Morgan fingerprint density at radius 2 is 2.33 bits per heavy atom. The van der Waals surface area contributed by atoms with Gasteiger partial charge in [0, 0.05) is 30.1 Å². The van der Waals surface area contributed by atoms with Crippen LogP contribution in [-0.2, 0) is 0 Å². The summed E-state index contributed by atoms with van der Waals surface area (Å²) in [5.41, 5.74) is 0.955. The summed E-state index contributed by atoms with van der Waals surface area (Å²) >= 11 is 1.26. The van der Waals surface area contributed by atoms with E-state index in [-0.39, 0.29) is 5.69 Å². The first kappa shape index (κ1) is 11.3. The van der Waals surface area contributed by atoms with Gasteiger partial charge in [-0.2, -0.15) is 4.40 Å². The minimum absolute atomic E-state index is 0.0913. The number of benzene rings is 1. The fourth-order valence-electron chi connectivity index (χ4n) is 1.86. The van der Waals surface area contributed by atoms with E-state index in [0.717, 1.165) is 16.5 Å². The van der Waals surface area contributed by atoms with Crippen molar-refractivity contribution in [3.05, 3.63) is 28.3 Å². The third kappa shape index (κ3) is 2.13. The predicted octanol–water partition coefficient (Wildman–Crippen LogP) is 2.53. The highest BCUT2D eigenvalue weighted by Gasteiger charge is 2.21. The van der Waals surface area contributed by atoms with Crippen molar-refractivity contribution >= 4 is 29.3 Å². The SMILES string of the molecule is O=[N+]([O-])c1ccc2c(c1)SN=C(NC1CCC1)N2. The smallest absolute Gasteiger partial charge is 0.270 e. The summed E-state index contributed by atoms with van der Waals surface area (Å²) in [6.45, 7) is 0. The number of fused-ring (bicyclic) bond motifs is 1. The van der Waals surface area contributed by atoms with E-state index in [0.29, 0.717) is 6.04 Å². The highest BCUT2D eigenvalue weighted by Crippen LogP contribution is 2.34. The Morgan fingerprint density at radius 3 is 3.00 bits per heavy atom. The molecule has 0 spiro atoms. The zero-order chi connectivity index (χ0) is 12.5. The lowest BCUT2D eigenvalue weighted by atomic mass is 9.93. The first-order chi connectivity index (χ1) is 8.72. The molecule has 3 rings (SSSR count). The highest BCUT2D eigenvalue weighted by molar-refractivity contribution is 7.98. The van der Waals surface area contributed by atoms with Gasteiger partial charge in [0.25, 0.3) is 5.69 Å². The molecule has 1 heterocycles. The minimum atomic E-state index is -0.396. The van der Waals surface area contributed by atoms with E-state index in [9.17, 15) is 10.1 Å². The Morgan fingerprint density at radius 1 is 1.50 bits per heavy atom. The van der Waals surface area contributed by atoms with Crippen LogP contribution in [0.5, 0.6) is 0 Å². The lowest BCUT2D eigenvalue weighted by Gasteiger charge is -2.29. The van der Waals surface area contributed by atoms with Gasteiger partial charge in [0.1, 0.15) is 0 Å². The third-order valence-corrected chi connectivity index (χ3v) is 3.92. The molecule has 2 N–H and O–H groups in total. The fourth-order valence-corrected chi connectivity index (χ4v) is 2.54. The van der Waals surface area contributed by atoms with E-state index >= 15 is 0 Å². The summed E-state index contributed by atoms with van der Waals surface area (Å²) in [6.07, 6.45) is 3.62. The molecule has 2 aliphatic rings. The standard InChI is InChI=1S/C11H12N4O2S/c16-15(17)8-4-5-9-10(6-8)18-14-11(13-9)12-7-2-1-3-7/h4-7H,1-3H2,(H2,12,13,14). The Bertz CT molecular complexity index is 528. The molecular weight excluding hydrogens is 252 g/mol. The summed E-state index contributed by atoms with van der Waals surface area (Å²) in [7, 11) is 0. The van der Waals surface area contributed by atoms with Crippen LogP contribution >= 0.6 is 11.9 Å². The van der Waals surface area contributed by atoms with E-state index in [1.54, 1.807) is 6.07 Å². The number of non-ortho nitro benzene ring substituents is 1. The average Bonchev–Trinajstić information content (AvgIpc) is 2.33. The summed E-state index contributed by atoms with van der Waals surface area (Å²) in [4.78, 5) is 11.1. The zero-order valence-electron chi connectivity index (χ0n) is 9.55.